The molecule has 0 heterocycles. The van der Waals surface area contributed by atoms with Gasteiger partial charge in [0.05, 0.1) is 12.7 Å². The summed E-state index contributed by atoms with van der Waals surface area (Å²) in [5.41, 5.74) is 0. The lowest BCUT2D eigenvalue weighted by molar-refractivity contribution is 0.0618. The lowest BCUT2D eigenvalue weighted by Gasteiger charge is -2.08. The zero-order chi connectivity index (χ0) is 8.10. The van der Waals surface area contributed by atoms with Crippen molar-refractivity contribution in [3.05, 3.63) is 4.91 Å². The minimum Gasteiger partial charge on any atom is -0.376 e. The third-order valence-electron chi connectivity index (χ3n) is 2.18. The molecule has 1 aliphatic carbocycles. The summed E-state index contributed by atoms with van der Waals surface area (Å²) >= 11 is 0. The highest BCUT2D eigenvalue weighted by atomic mass is 16.5. The van der Waals surface area contributed by atoms with Crippen molar-refractivity contribution in [3.63, 3.8) is 0 Å². The molecule has 11 heavy (non-hydrogen) atoms. The Bertz CT molecular complexity index is 127. The van der Waals surface area contributed by atoms with Gasteiger partial charge in [0.15, 0.2) is 0 Å². The Morgan fingerprint density at radius 2 is 2.36 bits per heavy atom. The predicted octanol–water partition coefficient (Wildman–Crippen LogP) is 1.96. The number of nitroso groups, excluding NO2 is 1. The van der Waals surface area contributed by atoms with Crippen LogP contribution in [0.15, 0.2) is 5.18 Å². The van der Waals surface area contributed by atoms with Crippen LogP contribution in [0.4, 0.5) is 0 Å². The first-order chi connectivity index (χ1) is 5.33. The van der Waals surface area contributed by atoms with Crippen molar-refractivity contribution in [1.82, 2.24) is 0 Å². The molecule has 1 saturated carbocycles. The number of nitrogens with zero attached hydrogens (tertiary/aromatic N) is 1. The molecule has 0 aromatic carbocycles. The molecule has 2 unspecified atom stereocenters. The van der Waals surface area contributed by atoms with Gasteiger partial charge in [-0.15, -0.1) is 0 Å². The normalized spacial score (nSPS) is 30.6. The molecule has 0 N–H and O–H groups in total. The molecule has 64 valence electrons. The van der Waals surface area contributed by atoms with Crippen LogP contribution in [0.3, 0.4) is 0 Å². The van der Waals surface area contributed by atoms with Crippen LogP contribution in [-0.2, 0) is 4.74 Å². The molecule has 1 fully saturated rings. The maximum atomic E-state index is 9.71. The Morgan fingerprint density at radius 1 is 1.55 bits per heavy atom. The van der Waals surface area contributed by atoms with E-state index in [2.05, 4.69) is 12.1 Å². The zero-order valence-electron chi connectivity index (χ0n) is 6.95. The molecule has 0 aromatic rings. The monoisotopic (exact) mass is 157 g/mol. The van der Waals surface area contributed by atoms with Crippen LogP contribution in [0.1, 0.15) is 26.2 Å². The highest BCUT2D eigenvalue weighted by Crippen LogP contribution is 2.26. The number of hydrogen-bond donors (Lipinski definition) is 0. The van der Waals surface area contributed by atoms with Crippen LogP contribution < -0.4 is 0 Å². The van der Waals surface area contributed by atoms with Crippen LogP contribution in [0.5, 0.6) is 0 Å². The van der Waals surface area contributed by atoms with Gasteiger partial charge in [-0.3, -0.25) is 0 Å². The molecule has 0 aromatic heterocycles. The fraction of sp³-hybridized carbons (Fsp3) is 1.00. The minimum absolute atomic E-state index is 0.297. The molecule has 1 aliphatic rings. The second kappa shape index (κ2) is 4.44. The Balaban J connectivity index is 2.03. The van der Waals surface area contributed by atoms with Crippen molar-refractivity contribution in [2.24, 2.45) is 11.1 Å². The highest BCUT2D eigenvalue weighted by molar-refractivity contribution is 4.72. The summed E-state index contributed by atoms with van der Waals surface area (Å²) in [6.45, 7) is 3.03. The summed E-state index contributed by atoms with van der Waals surface area (Å²) < 4.78 is 5.42. The van der Waals surface area contributed by atoms with E-state index < -0.39 is 0 Å². The Kier molecular flexibility index (Phi) is 3.49. The topological polar surface area (TPSA) is 38.7 Å². The van der Waals surface area contributed by atoms with E-state index >= 15 is 0 Å². The summed E-state index contributed by atoms with van der Waals surface area (Å²) in [7, 11) is 0. The fourth-order valence-electron chi connectivity index (χ4n) is 1.56. The van der Waals surface area contributed by atoms with E-state index in [0.29, 0.717) is 19.3 Å². The molecule has 3 heteroatoms. The zero-order valence-corrected chi connectivity index (χ0v) is 6.95. The second-order valence-electron chi connectivity index (χ2n) is 3.26. The van der Waals surface area contributed by atoms with Gasteiger partial charge in [-0.2, -0.15) is 4.91 Å². The Morgan fingerprint density at radius 3 is 2.91 bits per heavy atom. The Hall–Kier alpha value is -0.440. The molecule has 1 rings (SSSR count). The third-order valence-corrected chi connectivity index (χ3v) is 2.18. The van der Waals surface area contributed by atoms with Crippen molar-refractivity contribution in [3.8, 4) is 0 Å². The van der Waals surface area contributed by atoms with Crippen LogP contribution in [0.25, 0.3) is 0 Å². The quantitative estimate of drug-likeness (QED) is 0.462. The first kappa shape index (κ1) is 8.65. The van der Waals surface area contributed by atoms with Gasteiger partial charge in [-0.1, -0.05) is 12.1 Å². The minimum atomic E-state index is 0.297. The lowest BCUT2D eigenvalue weighted by Crippen LogP contribution is -2.10. The Labute approximate surface area is 67.1 Å². The molecular weight excluding hydrogens is 142 g/mol. The van der Waals surface area contributed by atoms with Crippen LogP contribution >= 0.6 is 0 Å². The van der Waals surface area contributed by atoms with Gasteiger partial charge in [0.2, 0.25) is 0 Å². The van der Waals surface area contributed by atoms with E-state index in [-0.39, 0.29) is 0 Å². The number of hydrogen-bond acceptors (Lipinski definition) is 3. The number of rotatable bonds is 4. The van der Waals surface area contributed by atoms with Crippen molar-refractivity contribution in [2.45, 2.75) is 32.3 Å². The molecule has 0 amide bonds. The fourth-order valence-corrected chi connectivity index (χ4v) is 1.56. The van der Waals surface area contributed by atoms with Gasteiger partial charge in [0.25, 0.3) is 0 Å². The molecule has 3 nitrogen and oxygen atoms in total. The van der Waals surface area contributed by atoms with Gasteiger partial charge in [-0.25, -0.2) is 0 Å². The van der Waals surface area contributed by atoms with Gasteiger partial charge in [0, 0.05) is 0 Å². The summed E-state index contributed by atoms with van der Waals surface area (Å²) in [5.74, 6) is 0.796. The first-order valence-corrected chi connectivity index (χ1v) is 4.23. The smallest absolute Gasteiger partial charge is 0.104 e. The highest BCUT2D eigenvalue weighted by Gasteiger charge is 2.21. The summed E-state index contributed by atoms with van der Waals surface area (Å²) in [6.07, 6.45) is 3.96. The molecule has 0 aliphatic heterocycles. The van der Waals surface area contributed by atoms with Crippen molar-refractivity contribution in [1.29, 1.82) is 0 Å². The van der Waals surface area contributed by atoms with E-state index in [1.54, 1.807) is 0 Å². The molecule has 0 saturated heterocycles. The number of ether oxygens (including phenoxy) is 1. The molecule has 0 spiro atoms. The van der Waals surface area contributed by atoms with Crippen molar-refractivity contribution in [2.75, 3.05) is 13.2 Å². The van der Waals surface area contributed by atoms with Crippen LogP contribution in [-0.4, -0.2) is 19.3 Å². The van der Waals surface area contributed by atoms with E-state index in [0.717, 1.165) is 18.8 Å². The van der Waals surface area contributed by atoms with Gasteiger partial charge in [-0.05, 0) is 25.2 Å². The van der Waals surface area contributed by atoms with E-state index in [9.17, 15) is 4.91 Å². The van der Waals surface area contributed by atoms with E-state index in [1.165, 1.54) is 6.42 Å². The summed E-state index contributed by atoms with van der Waals surface area (Å²) in [4.78, 5) is 9.71. The maximum Gasteiger partial charge on any atom is 0.104 e. The van der Waals surface area contributed by atoms with Gasteiger partial charge < -0.3 is 4.74 Å². The van der Waals surface area contributed by atoms with Crippen molar-refractivity contribution < 1.29 is 4.74 Å². The molecule has 0 bridgehead atoms. The lowest BCUT2D eigenvalue weighted by atomic mass is 10.1. The predicted molar refractivity (Wildman–Crippen MR) is 43.4 cm³/mol. The van der Waals surface area contributed by atoms with Gasteiger partial charge in [0.1, 0.15) is 6.54 Å². The standard InChI is InChI=1S/C8H15NO2/c1-7-2-3-8(6-7)11-5-4-9-10/h7-8H,2-6H2,1H3. The SMILES string of the molecule is CC1CCC(OCCN=O)C1. The van der Waals surface area contributed by atoms with Crippen LogP contribution in [0.2, 0.25) is 0 Å². The summed E-state index contributed by atoms with van der Waals surface area (Å²) in [5, 5.41) is 2.74. The van der Waals surface area contributed by atoms with Gasteiger partial charge >= 0.3 is 0 Å². The average molecular weight is 157 g/mol. The van der Waals surface area contributed by atoms with Crippen LogP contribution in [0, 0.1) is 10.8 Å². The maximum absolute atomic E-state index is 9.71. The second-order valence-corrected chi connectivity index (χ2v) is 3.26. The molecule has 0 radical (unpaired) electrons. The van der Waals surface area contributed by atoms with Crippen molar-refractivity contribution >= 4 is 0 Å². The molecular formula is C8H15NO2. The summed E-state index contributed by atoms with van der Waals surface area (Å²) in [6, 6.07) is 0. The largest absolute Gasteiger partial charge is 0.376 e. The van der Waals surface area contributed by atoms with E-state index in [1.807, 2.05) is 0 Å². The third kappa shape index (κ3) is 2.97. The van der Waals surface area contributed by atoms with E-state index in [4.69, 9.17) is 4.74 Å². The first-order valence-electron chi connectivity index (χ1n) is 4.23. The molecule has 2 atom stereocenters. The average Bonchev–Trinajstić information content (AvgIpc) is 2.37.